The molecule has 2 rings (SSSR count). The van der Waals surface area contributed by atoms with Crippen LogP contribution in [0.3, 0.4) is 0 Å². The van der Waals surface area contributed by atoms with Gasteiger partial charge < -0.3 is 5.11 Å². The lowest BCUT2D eigenvalue weighted by molar-refractivity contribution is -0.385. The predicted octanol–water partition coefficient (Wildman–Crippen LogP) is 4.82. The number of phenols is 1. The van der Waals surface area contributed by atoms with Crippen LogP contribution in [0.2, 0.25) is 10.0 Å². The maximum Gasteiger partial charge on any atom is 0.271 e. The van der Waals surface area contributed by atoms with E-state index in [1.54, 1.807) is 18.2 Å². The van der Waals surface area contributed by atoms with Gasteiger partial charge in [-0.1, -0.05) is 23.2 Å². The number of non-ortho nitro benzene ring substituents is 1. The van der Waals surface area contributed by atoms with Crippen molar-refractivity contribution in [2.75, 3.05) is 5.43 Å². The third kappa shape index (κ3) is 3.88. The number of anilines is 1. The third-order valence-corrected chi connectivity index (χ3v) is 3.95. The molecule has 0 bridgehead atoms. The van der Waals surface area contributed by atoms with Gasteiger partial charge in [0.25, 0.3) is 5.69 Å². The van der Waals surface area contributed by atoms with Gasteiger partial charge in [0.1, 0.15) is 5.75 Å². The highest BCUT2D eigenvalue weighted by atomic mass is 79.9. The van der Waals surface area contributed by atoms with Crippen molar-refractivity contribution in [1.29, 1.82) is 0 Å². The molecule has 2 aromatic rings. The van der Waals surface area contributed by atoms with Crippen LogP contribution in [0, 0.1) is 10.1 Å². The first kappa shape index (κ1) is 16.5. The van der Waals surface area contributed by atoms with Crippen molar-refractivity contribution < 1.29 is 10.0 Å². The fourth-order valence-electron chi connectivity index (χ4n) is 1.55. The minimum atomic E-state index is -0.562. The van der Waals surface area contributed by atoms with Crippen molar-refractivity contribution >= 4 is 56.7 Å². The van der Waals surface area contributed by atoms with Gasteiger partial charge in [0.05, 0.1) is 31.3 Å². The van der Waals surface area contributed by atoms with E-state index in [2.05, 4.69) is 26.5 Å². The molecule has 0 aliphatic carbocycles. The molecule has 114 valence electrons. The summed E-state index contributed by atoms with van der Waals surface area (Å²) in [5.74, 6) is -0.148. The number of benzene rings is 2. The number of nitrogens with zero attached hydrogens (tertiary/aromatic N) is 2. The van der Waals surface area contributed by atoms with Crippen LogP contribution in [-0.2, 0) is 0 Å². The van der Waals surface area contributed by atoms with Crippen LogP contribution >= 0.6 is 39.1 Å². The van der Waals surface area contributed by atoms with Gasteiger partial charge in [-0.3, -0.25) is 15.5 Å². The Morgan fingerprint density at radius 2 is 2.00 bits per heavy atom. The summed E-state index contributed by atoms with van der Waals surface area (Å²) in [4.78, 5) is 10.2. The predicted molar refractivity (Wildman–Crippen MR) is 90.1 cm³/mol. The standard InChI is InChI=1S/C13H8BrCl2N3O3/c14-10-5-9(19(21)22)3-7(13(10)20)6-17-18-8-1-2-11(15)12(16)4-8/h1-6,18,20H. The largest absolute Gasteiger partial charge is 0.506 e. The Morgan fingerprint density at radius 3 is 2.64 bits per heavy atom. The molecule has 0 radical (unpaired) electrons. The quantitative estimate of drug-likeness (QED) is 0.434. The minimum absolute atomic E-state index is 0.148. The summed E-state index contributed by atoms with van der Waals surface area (Å²) in [6, 6.07) is 7.25. The van der Waals surface area contributed by atoms with Crippen LogP contribution in [0.5, 0.6) is 5.75 Å². The third-order valence-electron chi connectivity index (χ3n) is 2.61. The van der Waals surface area contributed by atoms with E-state index in [0.29, 0.717) is 15.7 Å². The number of hydrogen-bond donors (Lipinski definition) is 2. The summed E-state index contributed by atoms with van der Waals surface area (Å²) in [6.45, 7) is 0. The molecule has 2 aromatic carbocycles. The maximum atomic E-state index is 10.8. The van der Waals surface area contributed by atoms with Gasteiger partial charge in [-0.2, -0.15) is 5.10 Å². The highest BCUT2D eigenvalue weighted by Crippen LogP contribution is 2.31. The number of rotatable bonds is 4. The van der Waals surface area contributed by atoms with Gasteiger partial charge in [-0.25, -0.2) is 0 Å². The van der Waals surface area contributed by atoms with Gasteiger partial charge >= 0.3 is 0 Å². The van der Waals surface area contributed by atoms with Gasteiger partial charge in [0.2, 0.25) is 0 Å². The summed E-state index contributed by atoms with van der Waals surface area (Å²) in [7, 11) is 0. The Bertz CT molecular complexity index is 768. The molecule has 2 N–H and O–H groups in total. The first-order valence-electron chi connectivity index (χ1n) is 5.79. The molecule has 0 aliphatic heterocycles. The highest BCUT2D eigenvalue weighted by Gasteiger charge is 2.13. The summed E-state index contributed by atoms with van der Waals surface area (Å²) in [6.07, 6.45) is 1.26. The minimum Gasteiger partial charge on any atom is -0.506 e. The van der Waals surface area contributed by atoms with Gasteiger partial charge in [-0.05, 0) is 34.1 Å². The lowest BCUT2D eigenvalue weighted by atomic mass is 10.2. The molecule has 0 amide bonds. The number of hydrazone groups is 1. The Hall–Kier alpha value is -1.83. The Balaban J connectivity index is 2.22. The van der Waals surface area contributed by atoms with Gasteiger partial charge in [0, 0.05) is 17.7 Å². The van der Waals surface area contributed by atoms with Gasteiger partial charge in [-0.15, -0.1) is 0 Å². The molecule has 0 saturated heterocycles. The molecule has 0 atom stereocenters. The van der Waals surface area contributed by atoms with Crippen molar-refractivity contribution in [3.8, 4) is 5.75 Å². The van der Waals surface area contributed by atoms with Crippen molar-refractivity contribution in [3.05, 3.63) is 60.5 Å². The first-order chi connectivity index (χ1) is 10.4. The number of phenolic OH excluding ortho intramolecular Hbond substituents is 1. The van der Waals surface area contributed by atoms with E-state index in [0.717, 1.165) is 0 Å². The lowest BCUT2D eigenvalue weighted by Gasteiger charge is -2.04. The fraction of sp³-hybridized carbons (Fsp3) is 0. The molecule has 6 nitrogen and oxygen atoms in total. The van der Waals surface area contributed by atoms with Crippen molar-refractivity contribution in [2.24, 2.45) is 5.10 Å². The molecular weight excluding hydrogens is 397 g/mol. The van der Waals surface area contributed by atoms with E-state index < -0.39 is 4.92 Å². The van der Waals surface area contributed by atoms with Crippen molar-refractivity contribution in [3.63, 3.8) is 0 Å². The summed E-state index contributed by atoms with van der Waals surface area (Å²) in [5, 5.41) is 25.3. The van der Waals surface area contributed by atoms with Crippen LogP contribution in [0.1, 0.15) is 5.56 Å². The van der Waals surface area contributed by atoms with Crippen LogP contribution in [0.4, 0.5) is 11.4 Å². The average molecular weight is 405 g/mol. The number of nitro benzene ring substituents is 1. The van der Waals surface area contributed by atoms with E-state index in [4.69, 9.17) is 23.2 Å². The summed E-state index contributed by atoms with van der Waals surface area (Å²) in [5.41, 5.74) is 3.29. The normalized spacial score (nSPS) is 10.9. The summed E-state index contributed by atoms with van der Waals surface area (Å²) < 4.78 is 0.206. The van der Waals surface area contributed by atoms with E-state index in [1.807, 2.05) is 0 Å². The number of nitrogens with one attached hydrogen (secondary N) is 1. The Morgan fingerprint density at radius 1 is 1.27 bits per heavy atom. The monoisotopic (exact) mass is 403 g/mol. The zero-order valence-electron chi connectivity index (χ0n) is 10.8. The second-order valence-electron chi connectivity index (χ2n) is 4.12. The summed E-state index contributed by atoms with van der Waals surface area (Å²) >= 11 is 14.7. The molecule has 0 aliphatic rings. The molecule has 0 spiro atoms. The zero-order valence-corrected chi connectivity index (χ0v) is 13.9. The van der Waals surface area contributed by atoms with Crippen molar-refractivity contribution in [1.82, 2.24) is 0 Å². The topological polar surface area (TPSA) is 87.8 Å². The number of hydrogen-bond acceptors (Lipinski definition) is 5. The Kier molecular flexibility index (Phi) is 5.23. The number of halogens is 3. The molecule has 0 saturated carbocycles. The molecule has 0 aromatic heterocycles. The number of aromatic hydroxyl groups is 1. The van der Waals surface area contributed by atoms with E-state index in [-0.39, 0.29) is 21.5 Å². The van der Waals surface area contributed by atoms with E-state index in [9.17, 15) is 15.2 Å². The van der Waals surface area contributed by atoms with Crippen LogP contribution in [0.15, 0.2) is 39.9 Å². The van der Waals surface area contributed by atoms with E-state index >= 15 is 0 Å². The lowest BCUT2D eigenvalue weighted by Crippen LogP contribution is -1.94. The highest BCUT2D eigenvalue weighted by molar-refractivity contribution is 9.10. The molecule has 0 unspecified atom stereocenters. The first-order valence-corrected chi connectivity index (χ1v) is 7.34. The number of nitro groups is 1. The Labute approximate surface area is 143 Å². The second kappa shape index (κ2) is 6.95. The molecular formula is C13H8BrCl2N3O3. The van der Waals surface area contributed by atoms with Crippen LogP contribution in [0.25, 0.3) is 0 Å². The average Bonchev–Trinajstić information content (AvgIpc) is 2.46. The fourth-order valence-corrected chi connectivity index (χ4v) is 2.31. The van der Waals surface area contributed by atoms with Crippen molar-refractivity contribution in [2.45, 2.75) is 0 Å². The van der Waals surface area contributed by atoms with Crippen LogP contribution < -0.4 is 5.43 Å². The zero-order chi connectivity index (χ0) is 16.3. The SMILES string of the molecule is O=[N+]([O-])c1cc(Br)c(O)c(C=NNc2ccc(Cl)c(Cl)c2)c1. The second-order valence-corrected chi connectivity index (χ2v) is 5.79. The molecule has 0 fully saturated rings. The van der Waals surface area contributed by atoms with Crippen LogP contribution in [-0.4, -0.2) is 16.2 Å². The maximum absolute atomic E-state index is 10.8. The molecule has 0 heterocycles. The molecule has 22 heavy (non-hydrogen) atoms. The van der Waals surface area contributed by atoms with Gasteiger partial charge in [0.15, 0.2) is 0 Å². The molecule has 9 heteroatoms. The smallest absolute Gasteiger partial charge is 0.271 e. The van der Waals surface area contributed by atoms with E-state index in [1.165, 1.54) is 18.3 Å².